The molecule has 0 radical (unpaired) electrons. The first-order valence-corrected chi connectivity index (χ1v) is 8.56. The average Bonchev–Trinajstić information content (AvgIpc) is 2.69. The predicted octanol–water partition coefficient (Wildman–Crippen LogP) is 5.32. The average molecular weight is 386 g/mol. The van der Waals surface area contributed by atoms with Crippen molar-refractivity contribution < 1.29 is 18.7 Å². The van der Waals surface area contributed by atoms with Gasteiger partial charge < -0.3 is 14.8 Å². The highest BCUT2D eigenvalue weighted by Gasteiger charge is 2.13. The van der Waals surface area contributed by atoms with E-state index in [0.29, 0.717) is 27.6 Å². The maximum Gasteiger partial charge on any atom is 0.255 e. The van der Waals surface area contributed by atoms with Gasteiger partial charge in [-0.15, -0.1) is 0 Å². The number of nitrogens with one attached hydrogen (secondary N) is 1. The molecular weight excluding hydrogens is 369 g/mol. The zero-order valence-corrected chi connectivity index (χ0v) is 15.3. The van der Waals surface area contributed by atoms with Crippen molar-refractivity contribution in [1.29, 1.82) is 0 Å². The standard InChI is InChI=1S/C21H17ClFNO3/c1-26-19-11-10-14(21(25)24-18-8-4-3-7-17(18)23)12-15(19)13-27-20-9-5-2-6-16(20)22/h2-12H,13H2,1H3,(H,24,25). The zero-order chi connectivity index (χ0) is 19.2. The quantitative estimate of drug-likeness (QED) is 0.624. The van der Waals surface area contributed by atoms with E-state index in [9.17, 15) is 9.18 Å². The van der Waals surface area contributed by atoms with Gasteiger partial charge in [0, 0.05) is 11.1 Å². The number of carbonyl (C=O) groups excluding carboxylic acids is 1. The van der Waals surface area contributed by atoms with Gasteiger partial charge in [0.1, 0.15) is 23.9 Å². The molecule has 0 heterocycles. The highest BCUT2D eigenvalue weighted by atomic mass is 35.5. The fraction of sp³-hybridized carbons (Fsp3) is 0.0952. The van der Waals surface area contributed by atoms with Crippen LogP contribution in [-0.2, 0) is 6.61 Å². The van der Waals surface area contributed by atoms with Gasteiger partial charge in [-0.25, -0.2) is 4.39 Å². The molecule has 0 unspecified atom stereocenters. The number of methoxy groups -OCH3 is 1. The van der Waals surface area contributed by atoms with Gasteiger partial charge in [-0.1, -0.05) is 35.9 Å². The van der Waals surface area contributed by atoms with Crippen LogP contribution in [0.25, 0.3) is 0 Å². The summed E-state index contributed by atoms with van der Waals surface area (Å²) in [7, 11) is 1.54. The molecule has 0 bridgehead atoms. The molecule has 6 heteroatoms. The summed E-state index contributed by atoms with van der Waals surface area (Å²) in [5.74, 6) is 0.176. The number of benzene rings is 3. The van der Waals surface area contributed by atoms with Gasteiger partial charge in [-0.05, 0) is 42.5 Å². The van der Waals surface area contributed by atoms with Crippen molar-refractivity contribution in [3.63, 3.8) is 0 Å². The van der Waals surface area contributed by atoms with E-state index < -0.39 is 11.7 Å². The molecule has 3 aromatic rings. The second kappa shape index (κ2) is 8.56. The predicted molar refractivity (Wildman–Crippen MR) is 103 cm³/mol. The number of hydrogen-bond acceptors (Lipinski definition) is 3. The third-order valence-corrected chi connectivity index (χ3v) is 4.20. The van der Waals surface area contributed by atoms with Gasteiger partial charge in [0.05, 0.1) is 17.8 Å². The van der Waals surface area contributed by atoms with Crippen LogP contribution in [0, 0.1) is 5.82 Å². The van der Waals surface area contributed by atoms with Crippen LogP contribution in [0.3, 0.4) is 0 Å². The SMILES string of the molecule is COc1ccc(C(=O)Nc2ccccc2F)cc1COc1ccccc1Cl. The molecule has 0 aliphatic rings. The Hall–Kier alpha value is -3.05. The molecule has 3 aromatic carbocycles. The van der Waals surface area contributed by atoms with Crippen molar-refractivity contribution in [2.45, 2.75) is 6.61 Å². The summed E-state index contributed by atoms with van der Waals surface area (Å²) < 4.78 is 24.8. The van der Waals surface area contributed by atoms with Crippen LogP contribution in [0.4, 0.5) is 10.1 Å². The highest BCUT2D eigenvalue weighted by molar-refractivity contribution is 6.32. The van der Waals surface area contributed by atoms with Crippen molar-refractivity contribution in [1.82, 2.24) is 0 Å². The van der Waals surface area contributed by atoms with Crippen molar-refractivity contribution in [2.24, 2.45) is 0 Å². The summed E-state index contributed by atoms with van der Waals surface area (Å²) in [5, 5.41) is 3.05. The minimum Gasteiger partial charge on any atom is -0.496 e. The second-order valence-electron chi connectivity index (χ2n) is 5.68. The summed E-state index contributed by atoms with van der Waals surface area (Å²) in [6, 6.07) is 18.0. The van der Waals surface area contributed by atoms with Crippen LogP contribution in [0.5, 0.6) is 11.5 Å². The number of ether oxygens (including phenoxy) is 2. The maximum absolute atomic E-state index is 13.7. The first-order valence-electron chi connectivity index (χ1n) is 8.18. The Morgan fingerprint density at radius 2 is 1.78 bits per heavy atom. The first-order chi connectivity index (χ1) is 13.1. The Bertz CT molecular complexity index is 962. The smallest absolute Gasteiger partial charge is 0.255 e. The lowest BCUT2D eigenvalue weighted by atomic mass is 10.1. The molecule has 27 heavy (non-hydrogen) atoms. The van der Waals surface area contributed by atoms with E-state index in [4.69, 9.17) is 21.1 Å². The number of halogens is 2. The number of anilines is 1. The molecule has 138 valence electrons. The summed E-state index contributed by atoms with van der Waals surface area (Å²) >= 11 is 6.10. The Kier molecular flexibility index (Phi) is 5.94. The lowest BCUT2D eigenvalue weighted by Gasteiger charge is -2.13. The van der Waals surface area contributed by atoms with Gasteiger partial charge >= 0.3 is 0 Å². The van der Waals surface area contributed by atoms with Gasteiger partial charge in [-0.2, -0.15) is 0 Å². The topological polar surface area (TPSA) is 47.6 Å². The lowest BCUT2D eigenvalue weighted by Crippen LogP contribution is -2.13. The second-order valence-corrected chi connectivity index (χ2v) is 6.09. The molecule has 0 saturated carbocycles. The summed E-state index contributed by atoms with van der Waals surface area (Å²) in [6.45, 7) is 0.160. The van der Waals surface area contributed by atoms with Crippen LogP contribution < -0.4 is 14.8 Å². The fourth-order valence-electron chi connectivity index (χ4n) is 2.51. The minimum atomic E-state index is -0.498. The van der Waals surface area contributed by atoms with Crippen LogP contribution in [-0.4, -0.2) is 13.0 Å². The molecule has 1 N–H and O–H groups in total. The molecule has 0 atom stereocenters. The first kappa shape index (κ1) is 18.7. The van der Waals surface area contributed by atoms with E-state index in [1.54, 1.807) is 42.5 Å². The van der Waals surface area contributed by atoms with Gasteiger partial charge in [-0.3, -0.25) is 4.79 Å². The van der Waals surface area contributed by atoms with E-state index in [-0.39, 0.29) is 12.3 Å². The Morgan fingerprint density at radius 3 is 2.52 bits per heavy atom. The van der Waals surface area contributed by atoms with E-state index in [1.165, 1.54) is 19.2 Å². The highest BCUT2D eigenvalue weighted by Crippen LogP contribution is 2.27. The van der Waals surface area contributed by atoms with Crippen LogP contribution in [0.15, 0.2) is 66.7 Å². The summed E-state index contributed by atoms with van der Waals surface area (Å²) in [4.78, 5) is 12.5. The van der Waals surface area contributed by atoms with E-state index in [1.807, 2.05) is 12.1 Å². The molecule has 3 rings (SSSR count). The molecule has 0 aliphatic carbocycles. The zero-order valence-electron chi connectivity index (χ0n) is 14.5. The number of hydrogen-bond donors (Lipinski definition) is 1. The largest absolute Gasteiger partial charge is 0.496 e. The van der Waals surface area contributed by atoms with Gasteiger partial charge in [0.2, 0.25) is 0 Å². The third-order valence-electron chi connectivity index (χ3n) is 3.88. The third kappa shape index (κ3) is 4.57. The van der Waals surface area contributed by atoms with Gasteiger partial charge in [0.15, 0.2) is 0 Å². The van der Waals surface area contributed by atoms with E-state index >= 15 is 0 Å². The van der Waals surface area contributed by atoms with Crippen molar-refractivity contribution in [3.8, 4) is 11.5 Å². The molecule has 0 aliphatic heterocycles. The minimum absolute atomic E-state index is 0.118. The van der Waals surface area contributed by atoms with Crippen molar-refractivity contribution in [3.05, 3.63) is 88.7 Å². The summed E-state index contributed by atoms with van der Waals surface area (Å²) in [5.41, 5.74) is 1.14. The number of rotatable bonds is 6. The Balaban J connectivity index is 1.79. The van der Waals surface area contributed by atoms with Crippen molar-refractivity contribution in [2.75, 3.05) is 12.4 Å². The number of amides is 1. The monoisotopic (exact) mass is 385 g/mol. The maximum atomic E-state index is 13.7. The van der Waals surface area contributed by atoms with E-state index in [2.05, 4.69) is 5.32 Å². The molecule has 0 saturated heterocycles. The van der Waals surface area contributed by atoms with Gasteiger partial charge in [0.25, 0.3) is 5.91 Å². The fourth-order valence-corrected chi connectivity index (χ4v) is 2.70. The molecule has 0 spiro atoms. The van der Waals surface area contributed by atoms with Crippen LogP contribution in [0.2, 0.25) is 5.02 Å². The van der Waals surface area contributed by atoms with E-state index in [0.717, 1.165) is 0 Å². The number of para-hydroxylation sites is 2. The Labute approximate surface area is 161 Å². The molecule has 1 amide bonds. The van der Waals surface area contributed by atoms with Crippen molar-refractivity contribution >= 4 is 23.2 Å². The Morgan fingerprint density at radius 1 is 1.04 bits per heavy atom. The molecule has 0 aromatic heterocycles. The lowest BCUT2D eigenvalue weighted by molar-refractivity contribution is 0.102. The molecule has 4 nitrogen and oxygen atoms in total. The normalized spacial score (nSPS) is 10.3. The van der Waals surface area contributed by atoms with Crippen LogP contribution in [0.1, 0.15) is 15.9 Å². The molecule has 0 fully saturated rings. The molecular formula is C21H17ClFNO3. The van der Waals surface area contributed by atoms with Crippen LogP contribution >= 0.6 is 11.6 Å². The number of carbonyl (C=O) groups is 1. The summed E-state index contributed by atoms with van der Waals surface area (Å²) in [6.07, 6.45) is 0.